The highest BCUT2D eigenvalue weighted by Crippen LogP contribution is 2.23. The second-order valence-corrected chi connectivity index (χ2v) is 4.66. The minimum atomic E-state index is -0.876. The van der Waals surface area contributed by atoms with Gasteiger partial charge in [-0.1, -0.05) is 42.5 Å². The van der Waals surface area contributed by atoms with E-state index >= 15 is 0 Å². The molecule has 0 saturated heterocycles. The Balaban J connectivity index is 2.03. The molecule has 0 aliphatic carbocycles. The Kier molecular flexibility index (Phi) is 5.35. The summed E-state index contributed by atoms with van der Waals surface area (Å²) in [7, 11) is 1.61. The minimum absolute atomic E-state index is 0.0554. The number of hydrogen-bond acceptors (Lipinski definition) is 3. The van der Waals surface area contributed by atoms with Crippen molar-refractivity contribution >= 4 is 5.97 Å². The summed E-state index contributed by atoms with van der Waals surface area (Å²) in [6.45, 7) is 0.358. The quantitative estimate of drug-likeness (QED) is 0.847. The third-order valence-electron chi connectivity index (χ3n) is 3.14. The molecule has 110 valence electrons. The Labute approximate surface area is 123 Å². The number of aliphatic carboxylic acids is 1. The van der Waals surface area contributed by atoms with Gasteiger partial charge < -0.3 is 14.6 Å². The van der Waals surface area contributed by atoms with Crippen LogP contribution < -0.4 is 4.74 Å². The van der Waals surface area contributed by atoms with Gasteiger partial charge in [-0.05, 0) is 23.3 Å². The predicted octanol–water partition coefficient (Wildman–Crippen LogP) is 3.43. The van der Waals surface area contributed by atoms with Gasteiger partial charge in [-0.15, -0.1) is 0 Å². The molecule has 0 aliphatic rings. The number of carboxylic acids is 1. The van der Waals surface area contributed by atoms with Gasteiger partial charge in [0.15, 0.2) is 0 Å². The Hall–Kier alpha value is -2.33. The van der Waals surface area contributed by atoms with E-state index in [1.165, 1.54) is 0 Å². The number of rotatable bonds is 7. The zero-order valence-electron chi connectivity index (χ0n) is 11.9. The van der Waals surface area contributed by atoms with Crippen LogP contribution in [0.5, 0.6) is 5.75 Å². The summed E-state index contributed by atoms with van der Waals surface area (Å²) in [5.41, 5.74) is 1.84. The molecule has 0 heterocycles. The average Bonchev–Trinajstić information content (AvgIpc) is 2.52. The lowest BCUT2D eigenvalue weighted by Gasteiger charge is -2.16. The number of hydrogen-bond donors (Lipinski definition) is 1. The maximum absolute atomic E-state index is 11.0. The zero-order valence-corrected chi connectivity index (χ0v) is 11.9. The van der Waals surface area contributed by atoms with Crippen LogP contribution in [0.15, 0.2) is 54.6 Å². The summed E-state index contributed by atoms with van der Waals surface area (Å²) in [6, 6.07) is 16.9. The highest BCUT2D eigenvalue weighted by Gasteiger charge is 2.16. The Morgan fingerprint density at radius 1 is 1.10 bits per heavy atom. The van der Waals surface area contributed by atoms with Crippen LogP contribution in [-0.2, 0) is 16.1 Å². The molecule has 4 heteroatoms. The third kappa shape index (κ3) is 4.61. The van der Waals surface area contributed by atoms with Crippen LogP contribution in [0.1, 0.15) is 23.7 Å². The van der Waals surface area contributed by atoms with Crippen molar-refractivity contribution < 1.29 is 19.4 Å². The van der Waals surface area contributed by atoms with Crippen molar-refractivity contribution in [3.63, 3.8) is 0 Å². The van der Waals surface area contributed by atoms with E-state index in [1.54, 1.807) is 7.11 Å². The van der Waals surface area contributed by atoms with Crippen LogP contribution >= 0.6 is 0 Å². The van der Waals surface area contributed by atoms with Gasteiger partial charge in [-0.25, -0.2) is 0 Å². The standard InChI is InChI=1S/C17H18O4/c1-20-15-9-7-13(8-10-15)12-21-16(11-17(18)19)14-5-3-2-4-6-14/h2-10,16H,11-12H2,1H3,(H,18,19)/t16-/m1/s1. The minimum Gasteiger partial charge on any atom is -0.497 e. The zero-order chi connectivity index (χ0) is 15.1. The first-order valence-electron chi connectivity index (χ1n) is 6.70. The van der Waals surface area contributed by atoms with Gasteiger partial charge in [0.1, 0.15) is 5.75 Å². The van der Waals surface area contributed by atoms with Crippen LogP contribution in [0.3, 0.4) is 0 Å². The highest BCUT2D eigenvalue weighted by molar-refractivity contribution is 5.67. The van der Waals surface area contributed by atoms with Crippen molar-refractivity contribution in [2.45, 2.75) is 19.1 Å². The van der Waals surface area contributed by atoms with E-state index in [2.05, 4.69) is 0 Å². The molecule has 2 aromatic carbocycles. The van der Waals surface area contributed by atoms with Crippen LogP contribution in [0.4, 0.5) is 0 Å². The first-order valence-corrected chi connectivity index (χ1v) is 6.70. The summed E-state index contributed by atoms with van der Waals surface area (Å²) in [6.07, 6.45) is -0.508. The van der Waals surface area contributed by atoms with Gasteiger partial charge >= 0.3 is 5.97 Å². The number of ether oxygens (including phenoxy) is 2. The van der Waals surface area contributed by atoms with Gasteiger partial charge in [0.05, 0.1) is 26.2 Å². The molecule has 0 spiro atoms. The molecule has 0 bridgehead atoms. The number of benzene rings is 2. The van der Waals surface area contributed by atoms with Gasteiger partial charge in [-0.3, -0.25) is 4.79 Å². The molecule has 2 aromatic rings. The van der Waals surface area contributed by atoms with Crippen molar-refractivity contribution in [3.8, 4) is 5.75 Å². The SMILES string of the molecule is COc1ccc(CO[C@H](CC(=O)O)c2ccccc2)cc1. The highest BCUT2D eigenvalue weighted by atomic mass is 16.5. The molecule has 2 rings (SSSR count). The van der Waals surface area contributed by atoms with Crippen LogP contribution in [0.2, 0.25) is 0 Å². The van der Waals surface area contributed by atoms with Crippen molar-refractivity contribution in [2.75, 3.05) is 7.11 Å². The molecule has 0 aliphatic heterocycles. The largest absolute Gasteiger partial charge is 0.497 e. The summed E-state index contributed by atoms with van der Waals surface area (Å²) in [4.78, 5) is 11.0. The fourth-order valence-corrected chi connectivity index (χ4v) is 2.02. The number of carbonyl (C=O) groups is 1. The first kappa shape index (κ1) is 15.1. The van der Waals surface area contributed by atoms with E-state index in [0.29, 0.717) is 6.61 Å². The van der Waals surface area contributed by atoms with E-state index in [9.17, 15) is 4.79 Å². The lowest BCUT2D eigenvalue weighted by atomic mass is 10.1. The Morgan fingerprint density at radius 2 is 1.76 bits per heavy atom. The maximum atomic E-state index is 11.0. The summed E-state index contributed by atoms with van der Waals surface area (Å²) < 4.78 is 10.9. The molecule has 1 atom stereocenters. The third-order valence-corrected chi connectivity index (χ3v) is 3.14. The fraction of sp³-hybridized carbons (Fsp3) is 0.235. The fourth-order valence-electron chi connectivity index (χ4n) is 2.02. The van der Waals surface area contributed by atoms with Crippen molar-refractivity contribution in [2.24, 2.45) is 0 Å². The maximum Gasteiger partial charge on any atom is 0.306 e. The molecular formula is C17H18O4. The molecular weight excluding hydrogens is 268 g/mol. The van der Waals surface area contributed by atoms with E-state index < -0.39 is 12.1 Å². The molecule has 4 nitrogen and oxygen atoms in total. The molecule has 0 fully saturated rings. The van der Waals surface area contributed by atoms with Gasteiger partial charge in [0.2, 0.25) is 0 Å². The molecule has 0 amide bonds. The number of carboxylic acid groups (broad SMARTS) is 1. The normalized spacial score (nSPS) is 11.9. The summed E-state index contributed by atoms with van der Waals surface area (Å²) in [5, 5.41) is 9.01. The smallest absolute Gasteiger partial charge is 0.306 e. The number of methoxy groups -OCH3 is 1. The Bertz CT molecular complexity index is 563. The summed E-state index contributed by atoms with van der Waals surface area (Å²) >= 11 is 0. The van der Waals surface area contributed by atoms with E-state index in [0.717, 1.165) is 16.9 Å². The Morgan fingerprint density at radius 3 is 2.33 bits per heavy atom. The van der Waals surface area contributed by atoms with Gasteiger partial charge in [0.25, 0.3) is 0 Å². The molecule has 1 N–H and O–H groups in total. The van der Waals surface area contributed by atoms with Crippen molar-refractivity contribution in [3.05, 3.63) is 65.7 Å². The average molecular weight is 286 g/mol. The van der Waals surface area contributed by atoms with E-state index in [1.807, 2.05) is 54.6 Å². The first-order chi connectivity index (χ1) is 10.2. The molecule has 0 unspecified atom stereocenters. The van der Waals surface area contributed by atoms with Crippen LogP contribution in [-0.4, -0.2) is 18.2 Å². The predicted molar refractivity (Wildman–Crippen MR) is 79.2 cm³/mol. The van der Waals surface area contributed by atoms with Crippen molar-refractivity contribution in [1.29, 1.82) is 0 Å². The lowest BCUT2D eigenvalue weighted by molar-refractivity contribution is -0.140. The van der Waals surface area contributed by atoms with E-state index in [4.69, 9.17) is 14.6 Å². The monoisotopic (exact) mass is 286 g/mol. The topological polar surface area (TPSA) is 55.8 Å². The van der Waals surface area contributed by atoms with Crippen molar-refractivity contribution in [1.82, 2.24) is 0 Å². The molecule has 0 saturated carbocycles. The second-order valence-electron chi connectivity index (χ2n) is 4.66. The molecule has 0 aromatic heterocycles. The molecule has 21 heavy (non-hydrogen) atoms. The molecule has 0 radical (unpaired) electrons. The van der Waals surface area contributed by atoms with Crippen LogP contribution in [0, 0.1) is 0 Å². The lowest BCUT2D eigenvalue weighted by Crippen LogP contribution is -2.10. The second kappa shape index (κ2) is 7.45. The summed E-state index contributed by atoms with van der Waals surface area (Å²) in [5.74, 6) is -0.0949. The van der Waals surface area contributed by atoms with Crippen LogP contribution in [0.25, 0.3) is 0 Å². The van der Waals surface area contributed by atoms with E-state index in [-0.39, 0.29) is 6.42 Å². The van der Waals surface area contributed by atoms with Gasteiger partial charge in [0, 0.05) is 0 Å². The van der Waals surface area contributed by atoms with Gasteiger partial charge in [-0.2, -0.15) is 0 Å².